The molecule has 0 saturated heterocycles. The van der Waals surface area contributed by atoms with E-state index in [0.29, 0.717) is 10.6 Å². The maximum atomic E-state index is 10.7. The van der Waals surface area contributed by atoms with Gasteiger partial charge in [-0.1, -0.05) is 23.7 Å². The van der Waals surface area contributed by atoms with Crippen LogP contribution in [0.15, 0.2) is 34.7 Å². The van der Waals surface area contributed by atoms with Crippen molar-refractivity contribution in [3.8, 4) is 0 Å². The smallest absolute Gasteiger partial charge is 0.371 e. The minimum absolute atomic E-state index is 0.189. The van der Waals surface area contributed by atoms with Crippen LogP contribution in [0.3, 0.4) is 0 Å². The molecule has 1 unspecified atom stereocenters. The Balaban J connectivity index is 2.31. The summed E-state index contributed by atoms with van der Waals surface area (Å²) < 4.78 is 5.05. The highest BCUT2D eigenvalue weighted by Crippen LogP contribution is 2.26. The van der Waals surface area contributed by atoms with Crippen molar-refractivity contribution in [1.29, 1.82) is 0 Å². The highest BCUT2D eigenvalue weighted by atomic mass is 35.5. The zero-order chi connectivity index (χ0) is 13.3. The largest absolute Gasteiger partial charge is 0.475 e. The number of aliphatic hydroxyl groups excluding tert-OH is 1. The number of halogens is 1. The number of carboxylic acid groups (broad SMARTS) is 1. The van der Waals surface area contributed by atoms with E-state index in [4.69, 9.17) is 21.1 Å². The first-order valence-electron chi connectivity index (χ1n) is 5.26. The average Bonchev–Trinajstić information content (AvgIpc) is 2.81. The van der Waals surface area contributed by atoms with E-state index >= 15 is 0 Å². The zero-order valence-electron chi connectivity index (χ0n) is 9.55. The number of carbonyl (C=O) groups is 1. The van der Waals surface area contributed by atoms with Crippen LogP contribution in [0.1, 0.15) is 33.5 Å². The molecule has 0 fully saturated rings. The Morgan fingerprint density at radius 2 is 2.06 bits per heavy atom. The minimum atomic E-state index is -1.17. The molecule has 4 nitrogen and oxygen atoms in total. The Kier molecular flexibility index (Phi) is 3.41. The minimum Gasteiger partial charge on any atom is -0.475 e. The van der Waals surface area contributed by atoms with Gasteiger partial charge in [0.2, 0.25) is 5.76 Å². The van der Waals surface area contributed by atoms with Gasteiger partial charge < -0.3 is 14.6 Å². The van der Waals surface area contributed by atoms with Crippen molar-refractivity contribution >= 4 is 17.6 Å². The molecule has 1 aromatic heterocycles. The Bertz CT molecular complexity index is 588. The Morgan fingerprint density at radius 3 is 2.61 bits per heavy atom. The normalized spacial score (nSPS) is 12.4. The van der Waals surface area contributed by atoms with E-state index in [1.165, 1.54) is 12.1 Å². The number of furan rings is 1. The van der Waals surface area contributed by atoms with Crippen LogP contribution >= 0.6 is 11.6 Å². The zero-order valence-corrected chi connectivity index (χ0v) is 10.3. The van der Waals surface area contributed by atoms with Gasteiger partial charge in [-0.05, 0) is 36.2 Å². The van der Waals surface area contributed by atoms with Crippen molar-refractivity contribution in [2.75, 3.05) is 0 Å². The third kappa shape index (κ3) is 2.39. The summed E-state index contributed by atoms with van der Waals surface area (Å²) in [5, 5.41) is 19.4. The first kappa shape index (κ1) is 12.7. The Labute approximate surface area is 108 Å². The average molecular weight is 267 g/mol. The van der Waals surface area contributed by atoms with Gasteiger partial charge in [0, 0.05) is 5.02 Å². The van der Waals surface area contributed by atoms with E-state index in [0.717, 1.165) is 5.56 Å². The molecule has 0 aliphatic carbocycles. The second-order valence-corrected chi connectivity index (χ2v) is 4.33. The molecule has 0 bridgehead atoms. The first-order chi connectivity index (χ1) is 8.49. The lowest BCUT2D eigenvalue weighted by molar-refractivity contribution is 0.0655. The van der Waals surface area contributed by atoms with E-state index in [1.54, 1.807) is 18.2 Å². The maximum Gasteiger partial charge on any atom is 0.371 e. The van der Waals surface area contributed by atoms with Crippen molar-refractivity contribution in [3.05, 3.63) is 58.0 Å². The summed E-state index contributed by atoms with van der Waals surface area (Å²) in [5.74, 6) is -1.18. The van der Waals surface area contributed by atoms with Crippen LogP contribution in [-0.4, -0.2) is 16.2 Å². The van der Waals surface area contributed by atoms with Gasteiger partial charge in [0.15, 0.2) is 0 Å². The molecule has 0 amide bonds. The number of aliphatic hydroxyl groups is 1. The van der Waals surface area contributed by atoms with Gasteiger partial charge in [0.05, 0.1) is 0 Å². The lowest BCUT2D eigenvalue weighted by atomic mass is 10.1. The Hall–Kier alpha value is -1.78. The molecule has 0 radical (unpaired) electrons. The van der Waals surface area contributed by atoms with E-state index in [9.17, 15) is 9.90 Å². The first-order valence-corrected chi connectivity index (χ1v) is 5.64. The quantitative estimate of drug-likeness (QED) is 0.896. The van der Waals surface area contributed by atoms with Crippen LogP contribution in [0, 0.1) is 6.92 Å². The van der Waals surface area contributed by atoms with Crippen molar-refractivity contribution in [2.24, 2.45) is 0 Å². The highest BCUT2D eigenvalue weighted by molar-refractivity contribution is 6.31. The molecule has 2 N–H and O–H groups in total. The molecule has 94 valence electrons. The van der Waals surface area contributed by atoms with E-state index < -0.39 is 12.1 Å². The highest BCUT2D eigenvalue weighted by Gasteiger charge is 2.17. The number of carboxylic acids is 1. The standard InChI is InChI=1S/C13H11ClO4/c1-7-6-8(2-3-9(7)14)12(15)10-4-5-11(18-10)13(16)17/h2-6,12,15H,1H3,(H,16,17). The van der Waals surface area contributed by atoms with Gasteiger partial charge in [-0.3, -0.25) is 0 Å². The molecule has 5 heteroatoms. The van der Waals surface area contributed by atoms with Crippen molar-refractivity contribution in [2.45, 2.75) is 13.0 Å². The summed E-state index contributed by atoms with van der Waals surface area (Å²) in [7, 11) is 0. The van der Waals surface area contributed by atoms with Crippen molar-refractivity contribution in [3.63, 3.8) is 0 Å². The third-order valence-electron chi connectivity index (χ3n) is 2.60. The molecule has 2 aromatic rings. The summed E-state index contributed by atoms with van der Waals surface area (Å²) in [6, 6.07) is 7.83. The maximum absolute atomic E-state index is 10.7. The van der Waals surface area contributed by atoms with Gasteiger partial charge in [0.25, 0.3) is 0 Å². The van der Waals surface area contributed by atoms with Gasteiger partial charge in [-0.25, -0.2) is 4.79 Å². The molecule has 0 aliphatic rings. The molecule has 1 heterocycles. The monoisotopic (exact) mass is 266 g/mol. The second-order valence-electron chi connectivity index (χ2n) is 3.92. The molecule has 0 aliphatic heterocycles. The van der Waals surface area contributed by atoms with Crippen LogP contribution in [-0.2, 0) is 0 Å². The molecular weight excluding hydrogens is 256 g/mol. The van der Waals surface area contributed by atoms with Crippen LogP contribution in [0.5, 0.6) is 0 Å². The van der Waals surface area contributed by atoms with E-state index in [2.05, 4.69) is 0 Å². The fourth-order valence-electron chi connectivity index (χ4n) is 1.62. The van der Waals surface area contributed by atoms with Gasteiger partial charge >= 0.3 is 5.97 Å². The van der Waals surface area contributed by atoms with Crippen LogP contribution in [0.2, 0.25) is 5.02 Å². The van der Waals surface area contributed by atoms with Crippen LogP contribution < -0.4 is 0 Å². The lowest BCUT2D eigenvalue weighted by Gasteiger charge is -2.09. The van der Waals surface area contributed by atoms with Crippen molar-refractivity contribution < 1.29 is 19.4 Å². The predicted octanol–water partition coefficient (Wildman–Crippen LogP) is 3.02. The van der Waals surface area contributed by atoms with Gasteiger partial charge in [-0.15, -0.1) is 0 Å². The van der Waals surface area contributed by atoms with Gasteiger partial charge in [0.1, 0.15) is 11.9 Å². The summed E-state index contributed by atoms with van der Waals surface area (Å²) in [5.41, 5.74) is 1.43. The van der Waals surface area contributed by atoms with Gasteiger partial charge in [-0.2, -0.15) is 0 Å². The molecule has 0 saturated carbocycles. The number of rotatable bonds is 3. The fraction of sp³-hybridized carbons (Fsp3) is 0.154. The SMILES string of the molecule is Cc1cc(C(O)c2ccc(C(=O)O)o2)ccc1Cl. The molecule has 1 atom stereocenters. The summed E-state index contributed by atoms with van der Waals surface area (Å²) in [4.78, 5) is 10.7. The lowest BCUT2D eigenvalue weighted by Crippen LogP contribution is -1.99. The number of benzene rings is 1. The topological polar surface area (TPSA) is 70.7 Å². The summed E-state index contributed by atoms with van der Waals surface area (Å²) in [6.45, 7) is 1.82. The predicted molar refractivity (Wildman–Crippen MR) is 65.9 cm³/mol. The number of hydrogen-bond acceptors (Lipinski definition) is 3. The number of aromatic carboxylic acids is 1. The fourth-order valence-corrected chi connectivity index (χ4v) is 1.73. The van der Waals surface area contributed by atoms with Crippen molar-refractivity contribution in [1.82, 2.24) is 0 Å². The molecule has 18 heavy (non-hydrogen) atoms. The molecule has 0 spiro atoms. The Morgan fingerprint density at radius 1 is 1.33 bits per heavy atom. The number of hydrogen-bond donors (Lipinski definition) is 2. The summed E-state index contributed by atoms with van der Waals surface area (Å²) >= 11 is 5.89. The van der Waals surface area contributed by atoms with Crippen LogP contribution in [0.25, 0.3) is 0 Å². The second kappa shape index (κ2) is 4.84. The molecule has 1 aromatic carbocycles. The molecule has 2 rings (SSSR count). The third-order valence-corrected chi connectivity index (χ3v) is 3.03. The van der Waals surface area contributed by atoms with Crippen LogP contribution in [0.4, 0.5) is 0 Å². The molecular formula is C13H11ClO4. The number of aryl methyl sites for hydroxylation is 1. The summed E-state index contributed by atoms with van der Waals surface area (Å²) in [6.07, 6.45) is -1.01. The van der Waals surface area contributed by atoms with E-state index in [1.807, 2.05) is 6.92 Å². The van der Waals surface area contributed by atoms with E-state index in [-0.39, 0.29) is 11.5 Å².